The minimum Gasteiger partial charge on any atom is -0.377 e. The maximum Gasteiger partial charge on any atom is 0.0688 e. The summed E-state index contributed by atoms with van der Waals surface area (Å²) in [6.45, 7) is 7.91. The van der Waals surface area contributed by atoms with Gasteiger partial charge in [-0.3, -0.25) is 5.32 Å². The zero-order valence-electron chi connectivity index (χ0n) is 10.0. The summed E-state index contributed by atoms with van der Waals surface area (Å²) in [5.74, 6) is 0. The Morgan fingerprint density at radius 3 is 2.31 bits per heavy atom. The molecule has 1 aromatic rings. The Balaban J connectivity index is 2.27. The van der Waals surface area contributed by atoms with Crippen LogP contribution in [-0.4, -0.2) is 18.8 Å². The number of ether oxygens (including phenoxy) is 1. The monoisotopic (exact) mass is 239 g/mol. The van der Waals surface area contributed by atoms with Gasteiger partial charge in [0.15, 0.2) is 0 Å². The number of rotatable bonds is 1. The molecule has 1 aliphatic heterocycles. The molecule has 1 aliphatic rings. The summed E-state index contributed by atoms with van der Waals surface area (Å²) in [4.78, 5) is 0. The summed E-state index contributed by atoms with van der Waals surface area (Å²) in [5.41, 5.74) is 1.09. The van der Waals surface area contributed by atoms with E-state index in [0.29, 0.717) is 6.61 Å². The highest BCUT2D eigenvalue weighted by Crippen LogP contribution is 2.29. The maximum absolute atomic E-state index is 5.90. The highest BCUT2D eigenvalue weighted by molar-refractivity contribution is 6.30. The number of hydrogen-bond acceptors (Lipinski definition) is 2. The van der Waals surface area contributed by atoms with E-state index in [1.807, 2.05) is 12.1 Å². The van der Waals surface area contributed by atoms with Crippen LogP contribution in [0.2, 0.25) is 5.02 Å². The third kappa shape index (κ3) is 2.40. The molecular formula is C13H18ClNO. The highest BCUT2D eigenvalue weighted by Gasteiger charge is 2.37. The van der Waals surface area contributed by atoms with Gasteiger partial charge in [0.2, 0.25) is 0 Å². The van der Waals surface area contributed by atoms with Crippen LogP contribution >= 0.6 is 11.6 Å². The normalized spacial score (nSPS) is 29.0. The maximum atomic E-state index is 5.90. The summed E-state index contributed by atoms with van der Waals surface area (Å²) in [6.07, 6.45) is 0. The molecule has 1 fully saturated rings. The van der Waals surface area contributed by atoms with Crippen LogP contribution in [0.3, 0.4) is 0 Å². The van der Waals surface area contributed by atoms with E-state index >= 15 is 0 Å². The van der Waals surface area contributed by atoms with E-state index in [0.717, 1.165) is 11.6 Å². The van der Waals surface area contributed by atoms with Crippen LogP contribution in [0.1, 0.15) is 26.3 Å². The predicted molar refractivity (Wildman–Crippen MR) is 66.8 cm³/mol. The first-order valence-corrected chi connectivity index (χ1v) is 5.92. The second-order valence-corrected chi connectivity index (χ2v) is 5.78. The molecule has 2 rings (SSSR count). The van der Waals surface area contributed by atoms with E-state index in [-0.39, 0.29) is 11.1 Å². The molecule has 1 aromatic carbocycles. The lowest BCUT2D eigenvalue weighted by Crippen LogP contribution is -2.60. The molecule has 1 saturated heterocycles. The number of hydrogen-bond donors (Lipinski definition) is 1. The number of benzene rings is 1. The van der Waals surface area contributed by atoms with Crippen molar-refractivity contribution in [3.63, 3.8) is 0 Å². The predicted octanol–water partition coefficient (Wildman–Crippen LogP) is 2.95. The van der Waals surface area contributed by atoms with Crippen molar-refractivity contribution < 1.29 is 4.74 Å². The molecule has 0 radical (unpaired) electrons. The quantitative estimate of drug-likeness (QED) is 0.814. The molecule has 88 valence electrons. The van der Waals surface area contributed by atoms with Gasteiger partial charge in [0.1, 0.15) is 0 Å². The Labute approximate surface area is 102 Å². The molecule has 16 heavy (non-hydrogen) atoms. The lowest BCUT2D eigenvalue weighted by Gasteiger charge is -2.44. The minimum atomic E-state index is -0.133. The molecule has 1 unspecified atom stereocenters. The van der Waals surface area contributed by atoms with Crippen LogP contribution in [0.15, 0.2) is 24.3 Å². The molecule has 0 spiro atoms. The van der Waals surface area contributed by atoms with Crippen molar-refractivity contribution >= 4 is 11.6 Å². The molecule has 1 heterocycles. The third-order valence-corrected chi connectivity index (χ3v) is 3.20. The van der Waals surface area contributed by atoms with Crippen molar-refractivity contribution in [3.05, 3.63) is 34.9 Å². The van der Waals surface area contributed by atoms with Crippen LogP contribution in [0.4, 0.5) is 0 Å². The van der Waals surface area contributed by atoms with E-state index in [1.165, 1.54) is 5.56 Å². The molecule has 0 aromatic heterocycles. The van der Waals surface area contributed by atoms with E-state index in [9.17, 15) is 0 Å². The first kappa shape index (κ1) is 11.9. The smallest absolute Gasteiger partial charge is 0.0688 e. The van der Waals surface area contributed by atoms with Crippen LogP contribution in [-0.2, 0) is 10.3 Å². The SMILES string of the molecule is CC1(C)COCC(C)(c2ccc(Cl)cc2)N1. The van der Waals surface area contributed by atoms with Gasteiger partial charge in [0.05, 0.1) is 18.8 Å². The number of halogens is 1. The molecule has 0 bridgehead atoms. The van der Waals surface area contributed by atoms with Gasteiger partial charge in [0, 0.05) is 10.6 Å². The summed E-state index contributed by atoms with van der Waals surface area (Å²) in [7, 11) is 0. The molecular weight excluding hydrogens is 222 g/mol. The fourth-order valence-corrected chi connectivity index (χ4v) is 2.43. The molecule has 2 nitrogen and oxygen atoms in total. The first-order chi connectivity index (χ1) is 7.41. The summed E-state index contributed by atoms with van der Waals surface area (Å²) < 4.78 is 5.69. The zero-order valence-corrected chi connectivity index (χ0v) is 10.8. The number of nitrogens with one attached hydrogen (secondary N) is 1. The van der Waals surface area contributed by atoms with Gasteiger partial charge in [-0.25, -0.2) is 0 Å². The molecule has 0 amide bonds. The highest BCUT2D eigenvalue weighted by atomic mass is 35.5. The molecule has 1 atom stereocenters. The van der Waals surface area contributed by atoms with Gasteiger partial charge in [-0.15, -0.1) is 0 Å². The fourth-order valence-electron chi connectivity index (χ4n) is 2.30. The Bertz CT molecular complexity index is 374. The van der Waals surface area contributed by atoms with Crippen LogP contribution in [0, 0.1) is 0 Å². The fraction of sp³-hybridized carbons (Fsp3) is 0.538. The van der Waals surface area contributed by atoms with Crippen molar-refractivity contribution in [2.45, 2.75) is 31.8 Å². The van der Waals surface area contributed by atoms with Gasteiger partial charge < -0.3 is 4.74 Å². The third-order valence-electron chi connectivity index (χ3n) is 2.95. The topological polar surface area (TPSA) is 21.3 Å². The summed E-state index contributed by atoms with van der Waals surface area (Å²) in [5, 5.41) is 4.40. The molecule has 1 N–H and O–H groups in total. The minimum absolute atomic E-state index is 0.00658. The lowest BCUT2D eigenvalue weighted by atomic mass is 9.87. The molecule has 0 saturated carbocycles. The van der Waals surface area contributed by atoms with Gasteiger partial charge in [0.25, 0.3) is 0 Å². The van der Waals surface area contributed by atoms with Gasteiger partial charge in [-0.05, 0) is 38.5 Å². The Morgan fingerprint density at radius 1 is 1.12 bits per heavy atom. The summed E-state index contributed by atoms with van der Waals surface area (Å²) in [6, 6.07) is 7.96. The van der Waals surface area contributed by atoms with Crippen molar-refractivity contribution in [1.29, 1.82) is 0 Å². The van der Waals surface area contributed by atoms with Gasteiger partial charge in [-0.1, -0.05) is 23.7 Å². The molecule has 3 heteroatoms. The second-order valence-electron chi connectivity index (χ2n) is 5.34. The van der Waals surface area contributed by atoms with Crippen LogP contribution in [0.5, 0.6) is 0 Å². The van der Waals surface area contributed by atoms with Crippen molar-refractivity contribution in [1.82, 2.24) is 5.32 Å². The first-order valence-electron chi connectivity index (χ1n) is 5.54. The standard InChI is InChI=1S/C13H18ClNO/c1-12(2)8-16-9-13(3,15-12)10-4-6-11(14)7-5-10/h4-7,15H,8-9H2,1-3H3. The Hall–Kier alpha value is -0.570. The average Bonchev–Trinajstić information content (AvgIpc) is 2.16. The number of morpholine rings is 1. The largest absolute Gasteiger partial charge is 0.377 e. The van der Waals surface area contributed by atoms with Crippen molar-refractivity contribution in [3.8, 4) is 0 Å². The van der Waals surface area contributed by atoms with Crippen LogP contribution < -0.4 is 5.32 Å². The van der Waals surface area contributed by atoms with Crippen molar-refractivity contribution in [2.75, 3.05) is 13.2 Å². The van der Waals surface area contributed by atoms with E-state index in [1.54, 1.807) is 0 Å². The van der Waals surface area contributed by atoms with E-state index in [2.05, 4.69) is 38.2 Å². The van der Waals surface area contributed by atoms with Gasteiger partial charge in [-0.2, -0.15) is 0 Å². The Kier molecular flexibility index (Phi) is 2.99. The Morgan fingerprint density at radius 2 is 1.75 bits per heavy atom. The van der Waals surface area contributed by atoms with Crippen molar-refractivity contribution in [2.24, 2.45) is 0 Å². The second kappa shape index (κ2) is 4.02. The molecule has 0 aliphatic carbocycles. The van der Waals surface area contributed by atoms with Crippen LogP contribution in [0.25, 0.3) is 0 Å². The van der Waals surface area contributed by atoms with E-state index < -0.39 is 0 Å². The zero-order chi connectivity index (χ0) is 11.8. The average molecular weight is 240 g/mol. The lowest BCUT2D eigenvalue weighted by molar-refractivity contribution is -0.0264. The van der Waals surface area contributed by atoms with E-state index in [4.69, 9.17) is 16.3 Å². The van der Waals surface area contributed by atoms with Gasteiger partial charge >= 0.3 is 0 Å². The summed E-state index contributed by atoms with van der Waals surface area (Å²) >= 11 is 5.90.